The van der Waals surface area contributed by atoms with Crippen LogP contribution in [0.15, 0.2) is 0 Å². The monoisotopic (exact) mass is 266 g/mol. The van der Waals surface area contributed by atoms with E-state index in [0.29, 0.717) is 23.3 Å². The second-order valence-electron chi connectivity index (χ2n) is 7.74. The van der Waals surface area contributed by atoms with E-state index in [-0.39, 0.29) is 12.1 Å². The fourth-order valence-electron chi connectivity index (χ4n) is 4.24. The van der Waals surface area contributed by atoms with Gasteiger partial charge in [-0.25, -0.2) is 4.79 Å². The van der Waals surface area contributed by atoms with Gasteiger partial charge in [-0.3, -0.25) is 0 Å². The summed E-state index contributed by atoms with van der Waals surface area (Å²) in [6.07, 6.45) is 3.50. The van der Waals surface area contributed by atoms with Gasteiger partial charge in [-0.15, -0.1) is 0 Å². The van der Waals surface area contributed by atoms with Crippen LogP contribution in [-0.2, 0) is 4.74 Å². The van der Waals surface area contributed by atoms with E-state index in [1.54, 1.807) is 0 Å². The van der Waals surface area contributed by atoms with Crippen molar-refractivity contribution in [2.75, 3.05) is 6.54 Å². The van der Waals surface area contributed by atoms with E-state index < -0.39 is 5.60 Å². The third-order valence-corrected chi connectivity index (χ3v) is 5.32. The quantitative estimate of drug-likeness (QED) is 0.835. The molecule has 4 fully saturated rings. The number of rotatable bonds is 2. The average molecular weight is 266 g/mol. The van der Waals surface area contributed by atoms with Gasteiger partial charge in [-0.05, 0) is 64.2 Å². The van der Waals surface area contributed by atoms with E-state index in [0.717, 1.165) is 13.0 Å². The number of fused-ring (bicyclic) bond motifs is 1. The van der Waals surface area contributed by atoms with Crippen LogP contribution in [0.5, 0.6) is 0 Å². The van der Waals surface area contributed by atoms with Crippen LogP contribution in [0.2, 0.25) is 0 Å². The molecular formula is C15H26N2O2. The molecule has 2 unspecified atom stereocenters. The zero-order valence-electron chi connectivity index (χ0n) is 12.5. The van der Waals surface area contributed by atoms with Crippen LogP contribution in [0, 0.1) is 17.3 Å². The van der Waals surface area contributed by atoms with E-state index >= 15 is 0 Å². The van der Waals surface area contributed by atoms with E-state index in [1.807, 2.05) is 25.7 Å². The number of nitrogens with zero attached hydrogens (tertiary/aromatic N) is 1. The maximum absolute atomic E-state index is 12.2. The van der Waals surface area contributed by atoms with E-state index in [9.17, 15) is 4.79 Å². The molecule has 2 saturated carbocycles. The lowest BCUT2D eigenvalue weighted by Gasteiger charge is -2.44. The van der Waals surface area contributed by atoms with Gasteiger partial charge < -0.3 is 15.4 Å². The Morgan fingerprint density at radius 2 is 2.05 bits per heavy atom. The summed E-state index contributed by atoms with van der Waals surface area (Å²) in [4.78, 5) is 14.2. The zero-order valence-corrected chi connectivity index (χ0v) is 12.5. The Bertz CT molecular complexity index is 395. The lowest BCUT2D eigenvalue weighted by Crippen LogP contribution is -2.50. The molecule has 0 radical (unpaired) electrons. The number of ether oxygens (including phenoxy) is 1. The summed E-state index contributed by atoms with van der Waals surface area (Å²) >= 11 is 0. The smallest absolute Gasteiger partial charge is 0.410 e. The molecule has 4 nitrogen and oxygen atoms in total. The van der Waals surface area contributed by atoms with Crippen LogP contribution in [0.4, 0.5) is 4.79 Å². The predicted octanol–water partition coefficient (Wildman–Crippen LogP) is 2.37. The minimum absolute atomic E-state index is 0.136. The molecule has 108 valence electrons. The highest BCUT2D eigenvalue weighted by Gasteiger charge is 2.66. The number of hydrogen-bond donors (Lipinski definition) is 1. The highest BCUT2D eigenvalue weighted by molar-refractivity contribution is 5.70. The van der Waals surface area contributed by atoms with Crippen molar-refractivity contribution in [1.29, 1.82) is 0 Å². The van der Waals surface area contributed by atoms with Crippen LogP contribution < -0.4 is 5.73 Å². The van der Waals surface area contributed by atoms with Crippen molar-refractivity contribution in [1.82, 2.24) is 4.90 Å². The van der Waals surface area contributed by atoms with Crippen molar-refractivity contribution in [3.05, 3.63) is 0 Å². The second kappa shape index (κ2) is 3.87. The summed E-state index contributed by atoms with van der Waals surface area (Å²) in [5.74, 6) is 1.28. The first-order valence-electron chi connectivity index (χ1n) is 7.50. The molecule has 4 aliphatic rings. The van der Waals surface area contributed by atoms with Crippen molar-refractivity contribution in [2.45, 2.75) is 64.6 Å². The second-order valence-corrected chi connectivity index (χ2v) is 7.74. The molecule has 0 spiro atoms. The lowest BCUT2D eigenvalue weighted by atomic mass is 9.63. The number of carbonyl (C=O) groups excluding carboxylic acids is 1. The van der Waals surface area contributed by atoms with Crippen molar-refractivity contribution in [3.63, 3.8) is 0 Å². The Kier molecular flexibility index (Phi) is 2.70. The minimum Gasteiger partial charge on any atom is -0.444 e. The molecule has 1 amide bonds. The Morgan fingerprint density at radius 1 is 1.42 bits per heavy atom. The molecular weight excluding hydrogens is 240 g/mol. The lowest BCUT2D eigenvalue weighted by molar-refractivity contribution is 0.0116. The Hall–Kier alpha value is -0.770. The van der Waals surface area contributed by atoms with Gasteiger partial charge in [-0.2, -0.15) is 0 Å². The van der Waals surface area contributed by atoms with Crippen LogP contribution in [0.1, 0.15) is 47.0 Å². The Morgan fingerprint density at radius 3 is 2.53 bits per heavy atom. The third kappa shape index (κ3) is 1.95. The highest BCUT2D eigenvalue weighted by atomic mass is 16.6. The molecule has 2 bridgehead atoms. The number of amides is 1. The van der Waals surface area contributed by atoms with Crippen molar-refractivity contribution < 1.29 is 9.53 Å². The number of carbonyl (C=O) groups is 1. The van der Waals surface area contributed by atoms with Gasteiger partial charge in [0.1, 0.15) is 5.60 Å². The van der Waals surface area contributed by atoms with E-state index in [2.05, 4.69) is 6.92 Å². The Balaban J connectivity index is 1.68. The van der Waals surface area contributed by atoms with Crippen LogP contribution in [0.25, 0.3) is 0 Å². The maximum Gasteiger partial charge on any atom is 0.410 e. The van der Waals surface area contributed by atoms with E-state index in [4.69, 9.17) is 10.5 Å². The molecule has 2 aliphatic heterocycles. The average Bonchev–Trinajstić information content (AvgIpc) is 2.76. The predicted molar refractivity (Wildman–Crippen MR) is 73.6 cm³/mol. The summed E-state index contributed by atoms with van der Waals surface area (Å²) in [6, 6.07) is 0.634. The van der Waals surface area contributed by atoms with Gasteiger partial charge in [0.25, 0.3) is 0 Å². The molecule has 2 aliphatic carbocycles. The number of hydrogen-bond acceptors (Lipinski definition) is 3. The molecule has 2 heterocycles. The van der Waals surface area contributed by atoms with Crippen molar-refractivity contribution >= 4 is 6.09 Å². The van der Waals surface area contributed by atoms with Gasteiger partial charge in [0, 0.05) is 18.6 Å². The maximum atomic E-state index is 12.2. The molecule has 2 saturated heterocycles. The topological polar surface area (TPSA) is 55.6 Å². The molecule has 0 aromatic heterocycles. The van der Waals surface area contributed by atoms with Crippen LogP contribution in [-0.4, -0.2) is 35.2 Å². The first kappa shape index (κ1) is 13.2. The summed E-state index contributed by atoms with van der Waals surface area (Å²) < 4.78 is 5.52. The third-order valence-electron chi connectivity index (χ3n) is 5.32. The molecule has 4 heteroatoms. The summed E-state index contributed by atoms with van der Waals surface area (Å²) in [7, 11) is 0. The zero-order chi connectivity index (χ0) is 14.0. The first-order chi connectivity index (χ1) is 8.74. The SMILES string of the molecule is CC(N)C1(C2[C@H]3C[C@@H]2N(C(=O)OC(C)(C)C)C3)CC1. The molecule has 4 atom stereocenters. The van der Waals surface area contributed by atoms with Crippen molar-refractivity contribution in [2.24, 2.45) is 23.0 Å². The van der Waals surface area contributed by atoms with Gasteiger partial charge >= 0.3 is 6.09 Å². The fourth-order valence-corrected chi connectivity index (χ4v) is 4.24. The fraction of sp³-hybridized carbons (Fsp3) is 0.933. The van der Waals surface area contributed by atoms with E-state index in [1.165, 1.54) is 12.8 Å². The highest BCUT2D eigenvalue weighted by Crippen LogP contribution is 2.65. The molecule has 2 N–H and O–H groups in total. The molecule has 0 aromatic carbocycles. The van der Waals surface area contributed by atoms with Gasteiger partial charge in [0.15, 0.2) is 0 Å². The standard InChI is InChI=1S/C15H26N2O2/c1-9(16)15(5-6-15)12-10-7-11(12)17(8-10)13(18)19-14(2,3)4/h9-12H,5-8,16H2,1-4H3/t9?,10-,11-,12?/m0/s1. The van der Waals surface area contributed by atoms with Gasteiger partial charge in [0.2, 0.25) is 0 Å². The van der Waals surface area contributed by atoms with Crippen LogP contribution in [0.3, 0.4) is 0 Å². The molecule has 0 aromatic rings. The first-order valence-corrected chi connectivity index (χ1v) is 7.50. The van der Waals surface area contributed by atoms with Crippen molar-refractivity contribution in [3.8, 4) is 0 Å². The molecule has 4 rings (SSSR count). The minimum atomic E-state index is -0.405. The number of nitrogens with two attached hydrogens (primary N) is 1. The summed E-state index contributed by atoms with van der Waals surface area (Å²) in [5.41, 5.74) is 6.10. The largest absolute Gasteiger partial charge is 0.444 e. The summed E-state index contributed by atoms with van der Waals surface area (Å²) in [6.45, 7) is 8.77. The van der Waals surface area contributed by atoms with Crippen LogP contribution >= 0.6 is 0 Å². The Labute approximate surface area is 115 Å². The normalized spacial score (nSPS) is 36.7. The van der Waals surface area contributed by atoms with Gasteiger partial charge in [-0.1, -0.05) is 0 Å². The molecule has 19 heavy (non-hydrogen) atoms. The van der Waals surface area contributed by atoms with Gasteiger partial charge in [0.05, 0.1) is 0 Å². The summed E-state index contributed by atoms with van der Waals surface area (Å²) in [5, 5.41) is 0.